The molecule has 2 aromatic carbocycles. The van der Waals surface area contributed by atoms with Crippen LogP contribution >= 0.6 is 0 Å². The first kappa shape index (κ1) is 14.4. The van der Waals surface area contributed by atoms with E-state index in [-0.39, 0.29) is 23.8 Å². The number of rotatable bonds is 4. The lowest BCUT2D eigenvalue weighted by Gasteiger charge is -2.23. The van der Waals surface area contributed by atoms with Gasteiger partial charge in [0.1, 0.15) is 17.4 Å². The second kappa shape index (κ2) is 5.53. The first-order chi connectivity index (χ1) is 9.39. The summed E-state index contributed by atoms with van der Waals surface area (Å²) in [4.78, 5) is 12.4. The van der Waals surface area contributed by atoms with Crippen LogP contribution in [0.1, 0.15) is 25.0 Å². The van der Waals surface area contributed by atoms with Crippen molar-refractivity contribution < 1.29 is 13.6 Å². The third-order valence-corrected chi connectivity index (χ3v) is 3.54. The molecule has 0 saturated heterocycles. The van der Waals surface area contributed by atoms with Gasteiger partial charge in [0.05, 0.1) is 0 Å². The standard InChI is InChI=1S/C17H16F2O/c1-17(2,13-5-9-15(19)10-6-13)16(20)11-12-3-7-14(18)8-4-12/h3-10H,11H2,1-2H3. The lowest BCUT2D eigenvalue weighted by atomic mass is 9.78. The van der Waals surface area contributed by atoms with Crippen molar-refractivity contribution in [1.82, 2.24) is 0 Å². The van der Waals surface area contributed by atoms with Crippen LogP contribution in [0.3, 0.4) is 0 Å². The lowest BCUT2D eigenvalue weighted by Crippen LogP contribution is -2.30. The van der Waals surface area contributed by atoms with Crippen LogP contribution in [0.2, 0.25) is 0 Å². The maximum atomic E-state index is 12.9. The SMILES string of the molecule is CC(C)(C(=O)Cc1ccc(F)cc1)c1ccc(F)cc1. The van der Waals surface area contributed by atoms with Crippen molar-refractivity contribution in [2.75, 3.05) is 0 Å². The summed E-state index contributed by atoms with van der Waals surface area (Å²) in [5, 5.41) is 0. The minimum Gasteiger partial charge on any atom is -0.298 e. The lowest BCUT2D eigenvalue weighted by molar-refractivity contribution is -0.122. The van der Waals surface area contributed by atoms with Crippen LogP contribution in [0.15, 0.2) is 48.5 Å². The summed E-state index contributed by atoms with van der Waals surface area (Å²) in [6, 6.07) is 11.8. The smallest absolute Gasteiger partial charge is 0.147 e. The molecule has 0 aliphatic heterocycles. The summed E-state index contributed by atoms with van der Waals surface area (Å²) >= 11 is 0. The average molecular weight is 274 g/mol. The summed E-state index contributed by atoms with van der Waals surface area (Å²) in [5.41, 5.74) is 0.833. The van der Waals surface area contributed by atoms with Crippen LogP contribution < -0.4 is 0 Å². The molecule has 0 saturated carbocycles. The van der Waals surface area contributed by atoms with Crippen molar-refractivity contribution in [3.05, 3.63) is 71.3 Å². The normalized spacial score (nSPS) is 11.4. The Kier molecular flexibility index (Phi) is 3.98. The number of Topliss-reactive ketones (excluding diaryl/α,β-unsaturated/α-hetero) is 1. The number of carbonyl (C=O) groups excluding carboxylic acids is 1. The summed E-state index contributed by atoms with van der Waals surface area (Å²) in [6.45, 7) is 3.62. The highest BCUT2D eigenvalue weighted by Gasteiger charge is 2.29. The first-order valence-corrected chi connectivity index (χ1v) is 6.43. The molecule has 0 heterocycles. The van der Waals surface area contributed by atoms with Crippen molar-refractivity contribution in [3.63, 3.8) is 0 Å². The molecule has 0 spiro atoms. The predicted molar refractivity (Wildman–Crippen MR) is 74.5 cm³/mol. The van der Waals surface area contributed by atoms with Crippen molar-refractivity contribution >= 4 is 5.78 Å². The zero-order chi connectivity index (χ0) is 14.8. The van der Waals surface area contributed by atoms with E-state index in [2.05, 4.69) is 0 Å². The van der Waals surface area contributed by atoms with E-state index < -0.39 is 5.41 Å². The molecule has 104 valence electrons. The second-order valence-electron chi connectivity index (χ2n) is 5.36. The maximum Gasteiger partial charge on any atom is 0.147 e. The molecule has 0 amide bonds. The Morgan fingerprint density at radius 3 is 1.85 bits per heavy atom. The van der Waals surface area contributed by atoms with Crippen LogP contribution in [0.25, 0.3) is 0 Å². The Bertz CT molecular complexity index is 598. The van der Waals surface area contributed by atoms with Gasteiger partial charge in [0.25, 0.3) is 0 Å². The predicted octanol–water partition coefficient (Wildman–Crippen LogP) is 4.05. The molecule has 20 heavy (non-hydrogen) atoms. The molecule has 2 aromatic rings. The summed E-state index contributed by atoms with van der Waals surface area (Å²) in [5.74, 6) is -0.634. The van der Waals surface area contributed by atoms with E-state index in [1.165, 1.54) is 24.3 Å². The van der Waals surface area contributed by atoms with E-state index in [9.17, 15) is 13.6 Å². The molecule has 3 heteroatoms. The van der Waals surface area contributed by atoms with Crippen molar-refractivity contribution in [2.24, 2.45) is 0 Å². The van der Waals surface area contributed by atoms with E-state index >= 15 is 0 Å². The molecule has 0 aliphatic carbocycles. The number of hydrogen-bond acceptors (Lipinski definition) is 1. The molecule has 0 unspecified atom stereocenters. The van der Waals surface area contributed by atoms with Crippen LogP contribution in [0.5, 0.6) is 0 Å². The van der Waals surface area contributed by atoms with E-state index in [4.69, 9.17) is 0 Å². The molecular weight excluding hydrogens is 258 g/mol. The van der Waals surface area contributed by atoms with Gasteiger partial charge in [-0.3, -0.25) is 4.79 Å². The van der Waals surface area contributed by atoms with E-state index in [1.807, 2.05) is 13.8 Å². The quantitative estimate of drug-likeness (QED) is 0.822. The molecule has 0 aliphatic rings. The summed E-state index contributed by atoms with van der Waals surface area (Å²) in [7, 11) is 0. The van der Waals surface area contributed by atoms with E-state index in [0.717, 1.165) is 11.1 Å². The molecule has 0 radical (unpaired) electrons. The van der Waals surface area contributed by atoms with Crippen molar-refractivity contribution in [2.45, 2.75) is 25.7 Å². The van der Waals surface area contributed by atoms with Gasteiger partial charge in [-0.25, -0.2) is 8.78 Å². The second-order valence-corrected chi connectivity index (χ2v) is 5.36. The fourth-order valence-corrected chi connectivity index (χ4v) is 2.04. The Morgan fingerprint density at radius 1 is 0.900 bits per heavy atom. The topological polar surface area (TPSA) is 17.1 Å². The van der Waals surface area contributed by atoms with E-state index in [1.54, 1.807) is 24.3 Å². The van der Waals surface area contributed by atoms with Crippen molar-refractivity contribution in [1.29, 1.82) is 0 Å². The molecular formula is C17H16F2O. The fraction of sp³-hybridized carbons (Fsp3) is 0.235. The van der Waals surface area contributed by atoms with Crippen LogP contribution in [-0.4, -0.2) is 5.78 Å². The van der Waals surface area contributed by atoms with Gasteiger partial charge in [0.15, 0.2) is 0 Å². The Labute approximate surface area is 117 Å². The molecule has 1 nitrogen and oxygen atoms in total. The Balaban J connectivity index is 2.18. The van der Waals surface area contributed by atoms with Gasteiger partial charge in [-0.2, -0.15) is 0 Å². The van der Waals surface area contributed by atoms with Gasteiger partial charge in [-0.1, -0.05) is 24.3 Å². The summed E-state index contributed by atoms with van der Waals surface area (Å²) in [6.07, 6.45) is 0.227. The van der Waals surface area contributed by atoms with Crippen molar-refractivity contribution in [3.8, 4) is 0 Å². The highest BCUT2D eigenvalue weighted by atomic mass is 19.1. The minimum absolute atomic E-state index is 0.00992. The molecule has 0 fully saturated rings. The third kappa shape index (κ3) is 3.10. The zero-order valence-electron chi connectivity index (χ0n) is 11.5. The minimum atomic E-state index is -0.706. The maximum absolute atomic E-state index is 12.9. The van der Waals surface area contributed by atoms with Crippen LogP contribution in [-0.2, 0) is 16.6 Å². The monoisotopic (exact) mass is 274 g/mol. The van der Waals surface area contributed by atoms with Crippen LogP contribution in [0, 0.1) is 11.6 Å². The van der Waals surface area contributed by atoms with Gasteiger partial charge in [-0.05, 0) is 49.2 Å². The van der Waals surface area contributed by atoms with Gasteiger partial charge >= 0.3 is 0 Å². The number of halogens is 2. The fourth-order valence-electron chi connectivity index (χ4n) is 2.04. The van der Waals surface area contributed by atoms with Gasteiger partial charge in [0.2, 0.25) is 0 Å². The molecule has 2 rings (SSSR count). The van der Waals surface area contributed by atoms with Gasteiger partial charge < -0.3 is 0 Å². The highest BCUT2D eigenvalue weighted by Crippen LogP contribution is 2.26. The largest absolute Gasteiger partial charge is 0.298 e. The first-order valence-electron chi connectivity index (χ1n) is 6.43. The van der Waals surface area contributed by atoms with Gasteiger partial charge in [-0.15, -0.1) is 0 Å². The number of ketones is 1. The number of carbonyl (C=O) groups is 1. The zero-order valence-corrected chi connectivity index (χ0v) is 11.5. The molecule has 0 aromatic heterocycles. The average Bonchev–Trinajstić information content (AvgIpc) is 2.42. The van der Waals surface area contributed by atoms with Crippen LogP contribution in [0.4, 0.5) is 8.78 Å². The Morgan fingerprint density at radius 2 is 1.35 bits per heavy atom. The third-order valence-electron chi connectivity index (χ3n) is 3.54. The highest BCUT2D eigenvalue weighted by molar-refractivity contribution is 5.91. The van der Waals surface area contributed by atoms with Gasteiger partial charge in [0, 0.05) is 11.8 Å². The number of hydrogen-bond donors (Lipinski definition) is 0. The Hall–Kier alpha value is -2.03. The molecule has 0 bridgehead atoms. The number of benzene rings is 2. The van der Waals surface area contributed by atoms with E-state index in [0.29, 0.717) is 0 Å². The molecule has 0 N–H and O–H groups in total. The molecule has 0 atom stereocenters. The summed E-state index contributed by atoms with van der Waals surface area (Å²) < 4.78 is 25.8.